The van der Waals surface area contributed by atoms with Gasteiger partial charge in [-0.3, -0.25) is 4.90 Å². The van der Waals surface area contributed by atoms with Gasteiger partial charge >= 0.3 is 0 Å². The van der Waals surface area contributed by atoms with Crippen molar-refractivity contribution in [1.82, 2.24) is 10.2 Å². The topological polar surface area (TPSA) is 24.5 Å². The minimum Gasteiger partial charge on any atom is -0.374 e. The van der Waals surface area contributed by atoms with Crippen LogP contribution in [0.1, 0.15) is 36.8 Å². The summed E-state index contributed by atoms with van der Waals surface area (Å²) in [5.74, 6) is 0. The van der Waals surface area contributed by atoms with Crippen molar-refractivity contribution in [3.05, 3.63) is 21.9 Å². The second-order valence-electron chi connectivity index (χ2n) is 5.20. The van der Waals surface area contributed by atoms with Crippen molar-refractivity contribution >= 4 is 11.3 Å². The molecule has 1 aliphatic heterocycles. The quantitative estimate of drug-likeness (QED) is 0.868. The minimum absolute atomic E-state index is 0.276. The molecule has 1 aliphatic rings. The molecule has 2 rings (SSSR count). The number of nitrogens with zero attached hydrogens (tertiary/aromatic N) is 1. The maximum absolute atomic E-state index is 6.05. The summed E-state index contributed by atoms with van der Waals surface area (Å²) in [5, 5.41) is 5.87. The van der Waals surface area contributed by atoms with Crippen LogP contribution in [0.4, 0.5) is 0 Å². The van der Waals surface area contributed by atoms with E-state index >= 15 is 0 Å². The molecule has 1 aromatic heterocycles. The summed E-state index contributed by atoms with van der Waals surface area (Å²) >= 11 is 1.85. The zero-order valence-electron chi connectivity index (χ0n) is 12.3. The third-order valence-electron chi connectivity index (χ3n) is 3.80. The molecule has 4 heteroatoms. The fraction of sp³-hybridized carbons (Fsp3) is 0.733. The largest absolute Gasteiger partial charge is 0.374 e. The molecule has 3 nitrogen and oxygen atoms in total. The van der Waals surface area contributed by atoms with Gasteiger partial charge in [0.05, 0.1) is 18.8 Å². The highest BCUT2D eigenvalue weighted by molar-refractivity contribution is 7.10. The number of aryl methyl sites for hydroxylation is 1. The monoisotopic (exact) mass is 282 g/mol. The highest BCUT2D eigenvalue weighted by Crippen LogP contribution is 2.29. The number of ether oxygens (including phenoxy) is 1. The van der Waals surface area contributed by atoms with Gasteiger partial charge in [-0.25, -0.2) is 0 Å². The Hall–Kier alpha value is -0.420. The number of rotatable bonds is 6. The van der Waals surface area contributed by atoms with Crippen molar-refractivity contribution in [1.29, 1.82) is 0 Å². The van der Waals surface area contributed by atoms with Gasteiger partial charge in [0.1, 0.15) is 0 Å². The molecule has 108 valence electrons. The number of hydrogen-bond donors (Lipinski definition) is 1. The van der Waals surface area contributed by atoms with E-state index in [1.807, 2.05) is 11.3 Å². The molecule has 0 aliphatic carbocycles. The first-order valence-corrected chi connectivity index (χ1v) is 8.25. The van der Waals surface area contributed by atoms with Crippen molar-refractivity contribution in [3.8, 4) is 0 Å². The molecule has 1 aromatic rings. The van der Waals surface area contributed by atoms with E-state index in [4.69, 9.17) is 4.74 Å². The Labute approximate surface area is 121 Å². The van der Waals surface area contributed by atoms with E-state index in [1.54, 1.807) is 0 Å². The van der Waals surface area contributed by atoms with E-state index in [9.17, 15) is 0 Å². The zero-order valence-corrected chi connectivity index (χ0v) is 13.1. The Morgan fingerprint density at radius 3 is 3.00 bits per heavy atom. The average Bonchev–Trinajstić information content (AvgIpc) is 2.86. The van der Waals surface area contributed by atoms with E-state index in [0.29, 0.717) is 6.04 Å². The summed E-state index contributed by atoms with van der Waals surface area (Å²) in [4.78, 5) is 3.92. The fourth-order valence-electron chi connectivity index (χ4n) is 2.62. The Kier molecular flexibility index (Phi) is 5.82. The molecular weight excluding hydrogens is 256 g/mol. The number of nitrogens with one attached hydrogen (secondary N) is 1. The first-order chi connectivity index (χ1) is 9.26. The molecule has 1 saturated heterocycles. The van der Waals surface area contributed by atoms with Crippen molar-refractivity contribution < 1.29 is 4.74 Å². The van der Waals surface area contributed by atoms with Crippen LogP contribution in [0.2, 0.25) is 0 Å². The van der Waals surface area contributed by atoms with Crippen LogP contribution in [0.3, 0.4) is 0 Å². The smallest absolute Gasteiger partial charge is 0.0905 e. The molecule has 1 N–H and O–H groups in total. The van der Waals surface area contributed by atoms with Gasteiger partial charge in [-0.2, -0.15) is 0 Å². The van der Waals surface area contributed by atoms with E-state index in [1.165, 1.54) is 10.4 Å². The lowest BCUT2D eigenvalue weighted by Crippen LogP contribution is -2.48. The second-order valence-corrected chi connectivity index (χ2v) is 6.15. The van der Waals surface area contributed by atoms with Gasteiger partial charge in [0, 0.05) is 18.0 Å². The Morgan fingerprint density at radius 1 is 1.53 bits per heavy atom. The van der Waals surface area contributed by atoms with Gasteiger partial charge in [-0.15, -0.1) is 11.3 Å². The normalized spacial score (nSPS) is 22.6. The minimum atomic E-state index is 0.276. The van der Waals surface area contributed by atoms with Crippen LogP contribution >= 0.6 is 11.3 Å². The lowest BCUT2D eigenvalue weighted by Gasteiger charge is -2.37. The van der Waals surface area contributed by atoms with Crippen LogP contribution in [0.15, 0.2) is 11.4 Å². The number of morpholine rings is 1. The fourth-order valence-corrected chi connectivity index (χ4v) is 3.67. The molecule has 0 aromatic carbocycles. The van der Waals surface area contributed by atoms with Gasteiger partial charge in [0.25, 0.3) is 0 Å². The van der Waals surface area contributed by atoms with Crippen LogP contribution in [0, 0.1) is 6.92 Å². The average molecular weight is 282 g/mol. The lowest BCUT2D eigenvalue weighted by atomic mass is 10.0. The SMILES string of the molecule is CCCNC(c1sccc1C)C1CN(CC)CCO1. The van der Waals surface area contributed by atoms with Crippen molar-refractivity contribution in [2.24, 2.45) is 0 Å². The highest BCUT2D eigenvalue weighted by Gasteiger charge is 2.29. The summed E-state index contributed by atoms with van der Waals surface area (Å²) in [6.07, 6.45) is 1.43. The summed E-state index contributed by atoms with van der Waals surface area (Å²) in [6, 6.07) is 2.55. The summed E-state index contributed by atoms with van der Waals surface area (Å²) in [7, 11) is 0. The standard InChI is InChI=1S/C15H26N2OS/c1-4-7-16-14(15-12(3)6-10-19-15)13-11-17(5-2)8-9-18-13/h6,10,13-14,16H,4-5,7-9,11H2,1-3H3. The van der Waals surface area contributed by atoms with E-state index in [0.717, 1.165) is 39.2 Å². The molecule has 2 heterocycles. The lowest BCUT2D eigenvalue weighted by molar-refractivity contribution is -0.0450. The zero-order chi connectivity index (χ0) is 13.7. The van der Waals surface area contributed by atoms with Gasteiger partial charge in [0.2, 0.25) is 0 Å². The van der Waals surface area contributed by atoms with E-state index < -0.39 is 0 Å². The maximum atomic E-state index is 6.05. The van der Waals surface area contributed by atoms with Crippen LogP contribution in [-0.2, 0) is 4.74 Å². The molecule has 2 atom stereocenters. The number of hydrogen-bond acceptors (Lipinski definition) is 4. The van der Waals surface area contributed by atoms with E-state index in [-0.39, 0.29) is 6.10 Å². The molecule has 0 spiro atoms. The first-order valence-electron chi connectivity index (χ1n) is 7.37. The van der Waals surface area contributed by atoms with E-state index in [2.05, 4.69) is 42.4 Å². The second kappa shape index (κ2) is 7.39. The van der Waals surface area contributed by atoms with Gasteiger partial charge < -0.3 is 10.1 Å². The summed E-state index contributed by atoms with van der Waals surface area (Å²) < 4.78 is 6.05. The maximum Gasteiger partial charge on any atom is 0.0905 e. The predicted molar refractivity (Wildman–Crippen MR) is 81.9 cm³/mol. The van der Waals surface area contributed by atoms with Crippen molar-refractivity contribution in [3.63, 3.8) is 0 Å². The van der Waals surface area contributed by atoms with Crippen LogP contribution in [0.5, 0.6) is 0 Å². The van der Waals surface area contributed by atoms with Gasteiger partial charge in [-0.1, -0.05) is 13.8 Å². The molecule has 0 radical (unpaired) electrons. The summed E-state index contributed by atoms with van der Waals surface area (Å²) in [5.41, 5.74) is 1.39. The molecular formula is C15H26N2OS. The number of likely N-dealkylation sites (N-methyl/N-ethyl adjacent to an activating group) is 1. The van der Waals surface area contributed by atoms with Gasteiger partial charge in [-0.05, 0) is 43.4 Å². The van der Waals surface area contributed by atoms with Crippen LogP contribution in [-0.4, -0.2) is 43.8 Å². The third-order valence-corrected chi connectivity index (χ3v) is 4.90. The van der Waals surface area contributed by atoms with Crippen molar-refractivity contribution in [2.45, 2.75) is 39.3 Å². The number of thiophene rings is 1. The van der Waals surface area contributed by atoms with Crippen LogP contribution in [0.25, 0.3) is 0 Å². The predicted octanol–water partition coefficient (Wildman–Crippen LogP) is 2.82. The Balaban J connectivity index is 2.10. The third kappa shape index (κ3) is 3.78. The molecule has 0 amide bonds. The molecule has 1 fully saturated rings. The Bertz CT molecular complexity index is 380. The summed E-state index contributed by atoms with van der Waals surface area (Å²) in [6.45, 7) is 11.8. The van der Waals surface area contributed by atoms with Gasteiger partial charge in [0.15, 0.2) is 0 Å². The molecule has 19 heavy (non-hydrogen) atoms. The van der Waals surface area contributed by atoms with Crippen molar-refractivity contribution in [2.75, 3.05) is 32.8 Å². The Morgan fingerprint density at radius 2 is 2.37 bits per heavy atom. The molecule has 0 bridgehead atoms. The van der Waals surface area contributed by atoms with Crippen LogP contribution < -0.4 is 5.32 Å². The highest BCUT2D eigenvalue weighted by atomic mass is 32.1. The molecule has 0 saturated carbocycles. The molecule has 2 unspecified atom stereocenters. The first kappa shape index (κ1) is 15.0.